The Balaban J connectivity index is 1.51. The van der Waals surface area contributed by atoms with E-state index in [2.05, 4.69) is 10.4 Å². The van der Waals surface area contributed by atoms with E-state index in [-0.39, 0.29) is 17.8 Å². The Kier molecular flexibility index (Phi) is 4.59. The number of nitrogens with zero attached hydrogens (tertiary/aromatic N) is 3. The van der Waals surface area contributed by atoms with Crippen molar-refractivity contribution in [2.45, 2.75) is 31.4 Å². The highest BCUT2D eigenvalue weighted by Gasteiger charge is 2.50. The number of halogens is 1. The van der Waals surface area contributed by atoms with Crippen molar-refractivity contribution in [1.29, 1.82) is 0 Å². The summed E-state index contributed by atoms with van der Waals surface area (Å²) in [5, 5.41) is 19.6. The minimum absolute atomic E-state index is 0.107. The Hall–Kier alpha value is -1.84. The summed E-state index contributed by atoms with van der Waals surface area (Å²) < 4.78 is 24.4. The number of aromatic nitrogens is 2. The van der Waals surface area contributed by atoms with Gasteiger partial charge in [-0.3, -0.25) is 4.68 Å². The summed E-state index contributed by atoms with van der Waals surface area (Å²) in [6.45, 7) is 2.98. The van der Waals surface area contributed by atoms with Crippen molar-refractivity contribution in [2.24, 2.45) is 5.92 Å². The van der Waals surface area contributed by atoms with E-state index in [1.807, 2.05) is 17.7 Å². The Bertz CT molecular complexity index is 1050. The van der Waals surface area contributed by atoms with Crippen LogP contribution in [0.25, 0.3) is 10.9 Å². The van der Waals surface area contributed by atoms with Gasteiger partial charge in [-0.25, -0.2) is 13.2 Å². The van der Waals surface area contributed by atoms with Crippen molar-refractivity contribution in [2.75, 3.05) is 25.2 Å². The first-order valence-corrected chi connectivity index (χ1v) is 11.6. The van der Waals surface area contributed by atoms with Gasteiger partial charge >= 0.3 is 6.03 Å². The zero-order valence-electron chi connectivity index (χ0n) is 15.7. The average Bonchev–Trinajstić information content (AvgIpc) is 3.16. The summed E-state index contributed by atoms with van der Waals surface area (Å²) in [6, 6.07) is 3.26. The number of hydrogen-bond donors (Lipinski definition) is 2. The first kappa shape index (κ1) is 19.5. The number of urea groups is 1. The van der Waals surface area contributed by atoms with Crippen LogP contribution in [-0.4, -0.2) is 59.5 Å². The summed E-state index contributed by atoms with van der Waals surface area (Å²) in [5.74, 6) is -0.264. The third-order valence-corrected chi connectivity index (χ3v) is 6.94. The van der Waals surface area contributed by atoms with E-state index >= 15 is 0 Å². The lowest BCUT2D eigenvalue weighted by Gasteiger charge is -2.42. The molecule has 2 aliphatic heterocycles. The number of nitrogens with one attached hydrogen (secondary N) is 1. The fourth-order valence-corrected chi connectivity index (χ4v) is 5.16. The lowest BCUT2D eigenvalue weighted by atomic mass is 9.75. The van der Waals surface area contributed by atoms with E-state index in [0.29, 0.717) is 31.0 Å². The Labute approximate surface area is 168 Å². The highest BCUT2D eigenvalue weighted by atomic mass is 35.5. The van der Waals surface area contributed by atoms with E-state index in [1.165, 1.54) is 0 Å². The van der Waals surface area contributed by atoms with Crippen LogP contribution in [0, 0.1) is 5.92 Å². The van der Waals surface area contributed by atoms with Crippen molar-refractivity contribution in [3.8, 4) is 0 Å². The molecule has 1 fully saturated rings. The van der Waals surface area contributed by atoms with Crippen LogP contribution < -0.4 is 5.32 Å². The van der Waals surface area contributed by atoms with E-state index in [1.54, 1.807) is 17.2 Å². The fraction of sp³-hybridized carbons (Fsp3) is 0.556. The maximum atomic E-state index is 12.2. The van der Waals surface area contributed by atoms with Gasteiger partial charge in [-0.2, -0.15) is 5.10 Å². The fourth-order valence-electron chi connectivity index (χ4n) is 4.54. The molecule has 2 amide bonds. The predicted octanol–water partition coefficient (Wildman–Crippen LogP) is 1.88. The first-order valence-electron chi connectivity index (χ1n) is 9.17. The maximum absolute atomic E-state index is 12.2. The lowest BCUT2D eigenvalue weighted by molar-refractivity contribution is -0.0116. The Morgan fingerprint density at radius 1 is 1.39 bits per heavy atom. The standard InChI is InChI=1S/C18H23ClN4O4S/c1-18(12-3-5-22(6-4-12)17(25)20-10-28(2,26)27)16(24)14-8-13(19)7-11-9-21-23(18)15(11)14/h7-9,12,16,24H,3-6,10H2,1-2H3,(H,20,25)/t16-,18?/m1/s1. The number of rotatable bonds is 3. The molecule has 1 unspecified atom stereocenters. The topological polar surface area (TPSA) is 105 Å². The van der Waals surface area contributed by atoms with Crippen molar-refractivity contribution in [1.82, 2.24) is 20.0 Å². The van der Waals surface area contributed by atoms with Gasteiger partial charge in [-0.15, -0.1) is 0 Å². The molecule has 152 valence electrons. The van der Waals surface area contributed by atoms with Crippen LogP contribution in [0.3, 0.4) is 0 Å². The molecule has 0 radical (unpaired) electrons. The van der Waals surface area contributed by atoms with Crippen LogP contribution in [0.4, 0.5) is 4.79 Å². The number of carbonyl (C=O) groups excluding carboxylic acids is 1. The van der Waals surface area contributed by atoms with Gasteiger partial charge in [0.1, 0.15) is 12.0 Å². The molecule has 0 spiro atoms. The molecule has 1 aromatic carbocycles. The van der Waals surface area contributed by atoms with E-state index in [4.69, 9.17) is 11.6 Å². The summed E-state index contributed by atoms with van der Waals surface area (Å²) in [5.41, 5.74) is 1.08. The minimum atomic E-state index is -3.26. The molecule has 2 aliphatic rings. The van der Waals surface area contributed by atoms with Crippen LogP contribution >= 0.6 is 11.6 Å². The van der Waals surface area contributed by atoms with Crippen molar-refractivity contribution < 1.29 is 18.3 Å². The van der Waals surface area contributed by atoms with Gasteiger partial charge in [0.05, 0.1) is 17.3 Å². The highest BCUT2D eigenvalue weighted by Crippen LogP contribution is 2.51. The van der Waals surface area contributed by atoms with Crippen LogP contribution in [0.5, 0.6) is 0 Å². The molecule has 28 heavy (non-hydrogen) atoms. The van der Waals surface area contributed by atoms with E-state index in [0.717, 1.165) is 22.7 Å². The van der Waals surface area contributed by atoms with Crippen molar-refractivity contribution in [3.05, 3.63) is 28.9 Å². The van der Waals surface area contributed by atoms with Gasteiger partial charge in [0.25, 0.3) is 0 Å². The van der Waals surface area contributed by atoms with Gasteiger partial charge in [0, 0.05) is 35.3 Å². The zero-order valence-corrected chi connectivity index (χ0v) is 17.3. The highest BCUT2D eigenvalue weighted by molar-refractivity contribution is 7.90. The number of amides is 2. The average molecular weight is 427 g/mol. The normalized spacial score (nSPS) is 25.4. The van der Waals surface area contributed by atoms with Crippen molar-refractivity contribution >= 4 is 38.4 Å². The predicted molar refractivity (Wildman–Crippen MR) is 106 cm³/mol. The lowest BCUT2D eigenvalue weighted by Crippen LogP contribution is -2.50. The first-order chi connectivity index (χ1) is 13.1. The molecule has 3 heterocycles. The SMILES string of the molecule is CC1(C2CCN(C(=O)NCS(C)(=O)=O)CC2)[C@H](O)c2cc(Cl)cc3cnn1c23. The summed E-state index contributed by atoms with van der Waals surface area (Å²) in [7, 11) is -3.26. The van der Waals surface area contributed by atoms with E-state index in [9.17, 15) is 18.3 Å². The quantitative estimate of drug-likeness (QED) is 0.779. The smallest absolute Gasteiger partial charge is 0.318 e. The molecule has 0 bridgehead atoms. The molecule has 0 saturated carbocycles. The van der Waals surface area contributed by atoms with Gasteiger partial charge in [-0.1, -0.05) is 11.6 Å². The third kappa shape index (κ3) is 3.05. The molecular formula is C18H23ClN4O4S. The molecule has 0 aliphatic carbocycles. The number of hydrogen-bond acceptors (Lipinski definition) is 5. The van der Waals surface area contributed by atoms with Gasteiger partial charge < -0.3 is 15.3 Å². The second kappa shape index (κ2) is 6.60. The third-order valence-electron chi connectivity index (χ3n) is 6.06. The number of carbonyl (C=O) groups is 1. The molecular weight excluding hydrogens is 404 g/mol. The number of piperidine rings is 1. The Morgan fingerprint density at radius 3 is 2.71 bits per heavy atom. The maximum Gasteiger partial charge on any atom is 0.318 e. The molecule has 4 rings (SSSR count). The summed E-state index contributed by atoms with van der Waals surface area (Å²) >= 11 is 6.20. The van der Waals surface area contributed by atoms with Crippen LogP contribution in [-0.2, 0) is 15.4 Å². The van der Waals surface area contributed by atoms with Crippen molar-refractivity contribution in [3.63, 3.8) is 0 Å². The van der Waals surface area contributed by atoms with Crippen LogP contribution in [0.1, 0.15) is 31.4 Å². The molecule has 1 saturated heterocycles. The second-order valence-corrected chi connectivity index (χ2v) is 10.5. The monoisotopic (exact) mass is 426 g/mol. The molecule has 8 nitrogen and oxygen atoms in total. The molecule has 10 heteroatoms. The molecule has 2 N–H and O–H groups in total. The van der Waals surface area contributed by atoms with Crippen LogP contribution in [0.15, 0.2) is 18.3 Å². The largest absolute Gasteiger partial charge is 0.386 e. The number of benzene rings is 1. The number of sulfone groups is 1. The molecule has 2 atom stereocenters. The van der Waals surface area contributed by atoms with Gasteiger partial charge in [-0.05, 0) is 37.8 Å². The number of aliphatic hydroxyl groups excluding tert-OH is 1. The number of aliphatic hydroxyl groups is 1. The van der Waals surface area contributed by atoms with E-state index < -0.39 is 21.5 Å². The minimum Gasteiger partial charge on any atom is -0.386 e. The summed E-state index contributed by atoms with van der Waals surface area (Å²) in [4.78, 5) is 13.8. The molecule has 2 aromatic rings. The molecule has 1 aromatic heterocycles. The number of likely N-dealkylation sites (tertiary alicyclic amines) is 1. The van der Waals surface area contributed by atoms with Crippen LogP contribution in [0.2, 0.25) is 5.02 Å². The second-order valence-electron chi connectivity index (χ2n) is 7.93. The summed E-state index contributed by atoms with van der Waals surface area (Å²) in [6.07, 6.45) is 3.48. The van der Waals surface area contributed by atoms with Gasteiger partial charge in [0.2, 0.25) is 0 Å². The Morgan fingerprint density at radius 2 is 2.07 bits per heavy atom. The van der Waals surface area contributed by atoms with Gasteiger partial charge in [0.15, 0.2) is 9.84 Å². The zero-order chi connectivity index (χ0) is 20.3.